The molecule has 42 heavy (non-hydrogen) atoms. The van der Waals surface area contributed by atoms with E-state index in [0.29, 0.717) is 0 Å². The highest BCUT2D eigenvalue weighted by Crippen LogP contribution is 2.55. The van der Waals surface area contributed by atoms with Gasteiger partial charge in [-0.1, -0.05) is 6.07 Å². The van der Waals surface area contributed by atoms with Gasteiger partial charge >= 0.3 is 0 Å². The minimum atomic E-state index is -1.08. The van der Waals surface area contributed by atoms with Gasteiger partial charge in [0.15, 0.2) is 34.2 Å². The molecule has 8 N–H and O–H groups in total. The fraction of sp³-hybridized carbons (Fsp3) is 0.0667. The summed E-state index contributed by atoms with van der Waals surface area (Å²) in [6, 6.07) is 9.94. The van der Waals surface area contributed by atoms with E-state index in [1.807, 2.05) is 0 Å². The molecule has 12 nitrogen and oxygen atoms in total. The smallest absolute Gasteiger partial charge is 0.197 e. The minimum absolute atomic E-state index is 0.0872. The first-order chi connectivity index (χ1) is 19.9. The molecule has 1 aromatic heterocycles. The van der Waals surface area contributed by atoms with Crippen LogP contribution in [0.2, 0.25) is 0 Å². The van der Waals surface area contributed by atoms with Crippen molar-refractivity contribution in [3.63, 3.8) is 0 Å². The second-order valence-corrected chi connectivity index (χ2v) is 9.64. The number of phenolic OH excluding ortho intramolecular Hbond substituents is 8. The molecule has 0 spiro atoms. The Balaban J connectivity index is 1.63. The van der Waals surface area contributed by atoms with Crippen LogP contribution in [-0.4, -0.2) is 46.6 Å². The van der Waals surface area contributed by atoms with Crippen molar-refractivity contribution >= 4 is 16.8 Å². The SMILES string of the molecule is O=C1CC(c2ccc(O)c(O)c2)Oc2c1c(O)cc(O)c2-c1c(-c2cc(=O)c3c(O)cc(O)cc3o2)ccc(O)c1O. The number of ether oxygens (including phenoxy) is 1. The van der Waals surface area contributed by atoms with Crippen molar-refractivity contribution in [1.29, 1.82) is 0 Å². The van der Waals surface area contributed by atoms with Crippen LogP contribution >= 0.6 is 0 Å². The molecular weight excluding hydrogens is 552 g/mol. The molecule has 12 heteroatoms. The number of fused-ring (bicyclic) bond motifs is 2. The van der Waals surface area contributed by atoms with Crippen LogP contribution in [0.4, 0.5) is 0 Å². The number of ketones is 1. The number of hydrogen-bond acceptors (Lipinski definition) is 12. The summed E-state index contributed by atoms with van der Waals surface area (Å²) in [5.74, 6) is -5.87. The zero-order valence-electron chi connectivity index (χ0n) is 21.2. The Morgan fingerprint density at radius 3 is 2.10 bits per heavy atom. The highest BCUT2D eigenvalue weighted by Gasteiger charge is 2.36. The van der Waals surface area contributed by atoms with Crippen molar-refractivity contribution in [1.82, 2.24) is 0 Å². The van der Waals surface area contributed by atoms with Crippen molar-refractivity contribution in [3.05, 3.63) is 75.9 Å². The third-order valence-electron chi connectivity index (χ3n) is 6.99. The number of carbonyl (C=O) groups is 1. The predicted molar refractivity (Wildman–Crippen MR) is 145 cm³/mol. The summed E-state index contributed by atoms with van der Waals surface area (Å²) in [5, 5.41) is 82.6. The lowest BCUT2D eigenvalue weighted by molar-refractivity contribution is 0.0845. The van der Waals surface area contributed by atoms with Gasteiger partial charge in [0.05, 0.1) is 12.0 Å². The second-order valence-electron chi connectivity index (χ2n) is 9.64. The Bertz CT molecular complexity index is 2020. The van der Waals surface area contributed by atoms with Crippen LogP contribution in [-0.2, 0) is 0 Å². The van der Waals surface area contributed by atoms with E-state index in [0.717, 1.165) is 30.3 Å². The number of carbonyl (C=O) groups excluding carboxylic acids is 1. The van der Waals surface area contributed by atoms with Crippen LogP contribution in [0.3, 0.4) is 0 Å². The van der Waals surface area contributed by atoms with Crippen molar-refractivity contribution < 1.29 is 54.8 Å². The largest absolute Gasteiger partial charge is 0.508 e. The van der Waals surface area contributed by atoms with E-state index in [1.165, 1.54) is 24.3 Å². The van der Waals surface area contributed by atoms with Gasteiger partial charge in [0.1, 0.15) is 57.1 Å². The van der Waals surface area contributed by atoms with E-state index in [4.69, 9.17) is 9.15 Å². The monoisotopic (exact) mass is 572 g/mol. The van der Waals surface area contributed by atoms with E-state index in [2.05, 4.69) is 0 Å². The second kappa shape index (κ2) is 9.27. The number of hydrogen-bond donors (Lipinski definition) is 8. The van der Waals surface area contributed by atoms with Crippen LogP contribution in [0, 0.1) is 0 Å². The Labute approximate surface area is 234 Å². The summed E-state index contributed by atoms with van der Waals surface area (Å²) in [7, 11) is 0. The first-order valence-electron chi connectivity index (χ1n) is 12.3. The molecular formula is C30H20O12. The minimum Gasteiger partial charge on any atom is -0.508 e. The lowest BCUT2D eigenvalue weighted by Gasteiger charge is -2.29. The van der Waals surface area contributed by atoms with Crippen LogP contribution < -0.4 is 10.2 Å². The van der Waals surface area contributed by atoms with Gasteiger partial charge in [-0.25, -0.2) is 0 Å². The molecule has 6 rings (SSSR count). The lowest BCUT2D eigenvalue weighted by Crippen LogP contribution is -2.21. The molecule has 0 aliphatic carbocycles. The summed E-state index contributed by atoms with van der Waals surface area (Å²) >= 11 is 0. The zero-order valence-corrected chi connectivity index (χ0v) is 21.2. The molecule has 2 heterocycles. The maximum atomic E-state index is 13.2. The summed E-state index contributed by atoms with van der Waals surface area (Å²) in [6.07, 6.45) is -1.38. The fourth-order valence-electron chi connectivity index (χ4n) is 5.07. The van der Waals surface area contributed by atoms with E-state index < -0.39 is 63.3 Å². The molecule has 1 atom stereocenters. The molecule has 212 valence electrons. The fourth-order valence-corrected chi connectivity index (χ4v) is 5.07. The first-order valence-corrected chi connectivity index (χ1v) is 12.3. The van der Waals surface area contributed by atoms with E-state index in [1.54, 1.807) is 0 Å². The summed E-state index contributed by atoms with van der Waals surface area (Å²) < 4.78 is 11.8. The van der Waals surface area contributed by atoms with Gasteiger partial charge in [-0.05, 0) is 29.8 Å². The summed E-state index contributed by atoms with van der Waals surface area (Å²) in [5.41, 5.74) is -1.81. The molecule has 0 fully saturated rings. The summed E-state index contributed by atoms with van der Waals surface area (Å²) in [6.45, 7) is 0. The molecule has 0 saturated carbocycles. The van der Waals surface area contributed by atoms with Crippen molar-refractivity contribution in [2.24, 2.45) is 0 Å². The van der Waals surface area contributed by atoms with Crippen LogP contribution in [0.5, 0.6) is 51.7 Å². The van der Waals surface area contributed by atoms with Gasteiger partial charge in [0.25, 0.3) is 0 Å². The average Bonchev–Trinajstić information content (AvgIpc) is 2.91. The van der Waals surface area contributed by atoms with E-state index in [9.17, 15) is 50.4 Å². The predicted octanol–water partition coefficient (Wildman–Crippen LogP) is 4.48. The van der Waals surface area contributed by atoms with Crippen molar-refractivity contribution in [3.8, 4) is 74.2 Å². The highest BCUT2D eigenvalue weighted by atomic mass is 16.5. The van der Waals surface area contributed by atoms with E-state index in [-0.39, 0.29) is 56.7 Å². The summed E-state index contributed by atoms with van der Waals surface area (Å²) in [4.78, 5) is 26.2. The quantitative estimate of drug-likeness (QED) is 0.140. The number of Topliss-reactive ketones (excluding diaryl/α,β-unsaturated/α-hetero) is 1. The van der Waals surface area contributed by atoms with Crippen LogP contribution in [0.25, 0.3) is 33.4 Å². The molecule has 5 aromatic rings. The maximum Gasteiger partial charge on any atom is 0.197 e. The van der Waals surface area contributed by atoms with Gasteiger partial charge in [-0.15, -0.1) is 0 Å². The Morgan fingerprint density at radius 2 is 1.36 bits per heavy atom. The highest BCUT2D eigenvalue weighted by molar-refractivity contribution is 6.07. The third kappa shape index (κ3) is 4.01. The third-order valence-corrected chi connectivity index (χ3v) is 6.99. The van der Waals surface area contributed by atoms with Gasteiger partial charge in [0.2, 0.25) is 0 Å². The first kappa shape index (κ1) is 26.2. The molecule has 0 bridgehead atoms. The molecule has 1 unspecified atom stereocenters. The topological polar surface area (TPSA) is 218 Å². The van der Waals surface area contributed by atoms with Gasteiger partial charge in [-0.2, -0.15) is 0 Å². The number of phenols is 8. The maximum absolute atomic E-state index is 13.2. The van der Waals surface area contributed by atoms with Crippen molar-refractivity contribution in [2.75, 3.05) is 0 Å². The van der Waals surface area contributed by atoms with Crippen LogP contribution in [0.1, 0.15) is 28.4 Å². The molecule has 0 radical (unpaired) electrons. The number of rotatable bonds is 3. The molecule has 1 aliphatic heterocycles. The Morgan fingerprint density at radius 1 is 0.643 bits per heavy atom. The lowest BCUT2D eigenvalue weighted by atomic mass is 9.88. The average molecular weight is 572 g/mol. The molecule has 1 aliphatic rings. The van der Waals surface area contributed by atoms with E-state index >= 15 is 0 Å². The number of benzene rings is 4. The van der Waals surface area contributed by atoms with Crippen molar-refractivity contribution in [2.45, 2.75) is 12.5 Å². The van der Waals surface area contributed by atoms with Crippen LogP contribution in [0.15, 0.2) is 63.8 Å². The van der Waals surface area contributed by atoms with Gasteiger partial charge in [-0.3, -0.25) is 9.59 Å². The standard InChI is InChI=1S/C30H20O12/c31-12-6-17(35)26-20(38)10-23(41-24(26)7-12)13-2-4-15(33)29(40)25(13)28-19(37)8-18(36)27-21(39)9-22(42-30(27)28)11-1-3-14(32)16(34)5-11/h1-8,10,22,31-37,40H,9H2. The molecule has 0 amide bonds. The Hall–Kier alpha value is -6.04. The molecule has 0 saturated heterocycles. The van der Waals surface area contributed by atoms with Gasteiger partial charge < -0.3 is 50.0 Å². The number of aromatic hydroxyl groups is 8. The Kier molecular flexibility index (Phi) is 5.78. The normalized spacial score (nSPS) is 14.5. The zero-order chi connectivity index (χ0) is 30.0. The van der Waals surface area contributed by atoms with Gasteiger partial charge in [0, 0.05) is 35.4 Å². The molecule has 4 aromatic carbocycles.